The van der Waals surface area contributed by atoms with Gasteiger partial charge in [0.1, 0.15) is 11.8 Å². The number of aromatic hydroxyl groups is 1. The SMILES string of the molecule is CC(=O)N[C@H](CCCCNC(=O)c1ccccc1O)C(=O)O. The van der Waals surface area contributed by atoms with Crippen LogP contribution < -0.4 is 10.6 Å². The van der Waals surface area contributed by atoms with Crippen LogP contribution in [0.2, 0.25) is 0 Å². The topological polar surface area (TPSA) is 116 Å². The Labute approximate surface area is 128 Å². The molecule has 1 atom stereocenters. The Kier molecular flexibility index (Phi) is 6.88. The Morgan fingerprint density at radius 3 is 2.45 bits per heavy atom. The number of hydrogen-bond acceptors (Lipinski definition) is 4. The average molecular weight is 308 g/mol. The number of phenols is 1. The molecule has 1 aromatic rings. The van der Waals surface area contributed by atoms with Crippen molar-refractivity contribution in [2.45, 2.75) is 32.2 Å². The minimum absolute atomic E-state index is 0.0865. The minimum Gasteiger partial charge on any atom is -0.507 e. The Hall–Kier alpha value is -2.57. The quantitative estimate of drug-likeness (QED) is 0.532. The summed E-state index contributed by atoms with van der Waals surface area (Å²) in [5, 5.41) is 23.5. The maximum atomic E-state index is 11.8. The molecule has 0 fully saturated rings. The summed E-state index contributed by atoms with van der Waals surface area (Å²) in [6.07, 6.45) is 1.41. The van der Waals surface area contributed by atoms with Crippen molar-refractivity contribution in [3.63, 3.8) is 0 Å². The van der Waals surface area contributed by atoms with Crippen molar-refractivity contribution in [3.05, 3.63) is 29.8 Å². The fraction of sp³-hybridized carbons (Fsp3) is 0.400. The number of carbonyl (C=O) groups is 3. The van der Waals surface area contributed by atoms with E-state index in [0.717, 1.165) is 0 Å². The summed E-state index contributed by atoms with van der Waals surface area (Å²) in [4.78, 5) is 33.6. The third-order valence-electron chi connectivity index (χ3n) is 3.03. The number of phenolic OH excluding ortho intramolecular Hbond substituents is 1. The summed E-state index contributed by atoms with van der Waals surface area (Å²) in [5.74, 6) is -1.93. The van der Waals surface area contributed by atoms with Crippen LogP contribution in [0, 0.1) is 0 Å². The molecule has 0 heterocycles. The molecule has 1 aromatic carbocycles. The minimum atomic E-state index is -1.08. The number of aliphatic carboxylic acids is 1. The molecule has 0 saturated carbocycles. The second-order valence-electron chi connectivity index (χ2n) is 4.86. The molecule has 120 valence electrons. The Morgan fingerprint density at radius 2 is 1.86 bits per heavy atom. The lowest BCUT2D eigenvalue weighted by molar-refractivity contribution is -0.141. The highest BCUT2D eigenvalue weighted by Crippen LogP contribution is 2.14. The molecule has 0 bridgehead atoms. The van der Waals surface area contributed by atoms with Gasteiger partial charge in [-0.15, -0.1) is 0 Å². The smallest absolute Gasteiger partial charge is 0.326 e. The highest BCUT2D eigenvalue weighted by molar-refractivity contribution is 5.96. The van der Waals surface area contributed by atoms with E-state index in [1.807, 2.05) is 0 Å². The molecule has 7 heteroatoms. The van der Waals surface area contributed by atoms with Gasteiger partial charge in [0.15, 0.2) is 0 Å². The second kappa shape index (κ2) is 8.66. The molecular weight excluding hydrogens is 288 g/mol. The maximum Gasteiger partial charge on any atom is 0.326 e. The number of carbonyl (C=O) groups excluding carboxylic acids is 2. The third-order valence-corrected chi connectivity index (χ3v) is 3.03. The zero-order valence-electron chi connectivity index (χ0n) is 12.3. The highest BCUT2D eigenvalue weighted by Gasteiger charge is 2.17. The monoisotopic (exact) mass is 308 g/mol. The fourth-order valence-electron chi connectivity index (χ4n) is 1.94. The molecule has 4 N–H and O–H groups in total. The van der Waals surface area contributed by atoms with Gasteiger partial charge in [-0.05, 0) is 31.4 Å². The molecule has 7 nitrogen and oxygen atoms in total. The van der Waals surface area contributed by atoms with Gasteiger partial charge in [-0.2, -0.15) is 0 Å². The second-order valence-corrected chi connectivity index (χ2v) is 4.86. The summed E-state index contributed by atoms with van der Waals surface area (Å²) in [7, 11) is 0. The van der Waals surface area contributed by atoms with Crippen molar-refractivity contribution in [3.8, 4) is 5.75 Å². The zero-order chi connectivity index (χ0) is 16.5. The molecule has 0 radical (unpaired) electrons. The maximum absolute atomic E-state index is 11.8. The summed E-state index contributed by atoms with van der Waals surface area (Å²) in [6.45, 7) is 1.63. The number of nitrogens with one attached hydrogen (secondary N) is 2. The summed E-state index contributed by atoms with van der Waals surface area (Å²) in [6, 6.07) is 5.31. The van der Waals surface area contributed by atoms with Crippen LogP contribution in [0.5, 0.6) is 5.75 Å². The molecule has 22 heavy (non-hydrogen) atoms. The fourth-order valence-corrected chi connectivity index (χ4v) is 1.94. The van der Waals surface area contributed by atoms with Crippen LogP contribution in [0.25, 0.3) is 0 Å². The van der Waals surface area contributed by atoms with Crippen LogP contribution in [0.15, 0.2) is 24.3 Å². The molecule has 0 aliphatic rings. The van der Waals surface area contributed by atoms with E-state index in [1.54, 1.807) is 12.1 Å². The predicted molar refractivity (Wildman–Crippen MR) is 79.5 cm³/mol. The van der Waals surface area contributed by atoms with E-state index in [9.17, 15) is 19.5 Å². The van der Waals surface area contributed by atoms with Crippen molar-refractivity contribution < 1.29 is 24.6 Å². The standard InChI is InChI=1S/C15H20N2O5/c1-10(18)17-12(15(21)22)7-4-5-9-16-14(20)11-6-2-3-8-13(11)19/h2-3,6,8,12,19H,4-5,7,9H2,1H3,(H,16,20)(H,17,18)(H,21,22)/t12-/m1/s1. The van der Waals surface area contributed by atoms with Crippen molar-refractivity contribution >= 4 is 17.8 Å². The first-order valence-electron chi connectivity index (χ1n) is 6.98. The van der Waals surface area contributed by atoms with Crippen molar-refractivity contribution in [1.29, 1.82) is 0 Å². The number of carboxylic acids is 1. The lowest BCUT2D eigenvalue weighted by Crippen LogP contribution is -2.39. The first kappa shape index (κ1) is 17.5. The molecule has 0 saturated heterocycles. The van der Waals surface area contributed by atoms with Gasteiger partial charge in [0, 0.05) is 13.5 Å². The number of benzene rings is 1. The number of amides is 2. The highest BCUT2D eigenvalue weighted by atomic mass is 16.4. The predicted octanol–water partition coefficient (Wildman–Crippen LogP) is 0.882. The van der Waals surface area contributed by atoms with E-state index in [-0.39, 0.29) is 23.1 Å². The van der Waals surface area contributed by atoms with Crippen molar-refractivity contribution in [1.82, 2.24) is 10.6 Å². The number of carboxylic acid groups (broad SMARTS) is 1. The Balaban J connectivity index is 2.30. The summed E-state index contributed by atoms with van der Waals surface area (Å²) in [5.41, 5.74) is 0.198. The van der Waals surface area contributed by atoms with Gasteiger partial charge >= 0.3 is 5.97 Å². The molecule has 0 aliphatic heterocycles. The molecule has 2 amide bonds. The van der Waals surface area contributed by atoms with Gasteiger partial charge in [0.25, 0.3) is 5.91 Å². The first-order valence-corrected chi connectivity index (χ1v) is 6.98. The molecule has 0 aromatic heterocycles. The Morgan fingerprint density at radius 1 is 1.18 bits per heavy atom. The van der Waals surface area contributed by atoms with Gasteiger partial charge in [-0.3, -0.25) is 9.59 Å². The van der Waals surface area contributed by atoms with Crippen LogP contribution in [-0.4, -0.2) is 40.6 Å². The van der Waals surface area contributed by atoms with E-state index in [0.29, 0.717) is 25.8 Å². The number of unbranched alkanes of at least 4 members (excludes halogenated alkanes) is 1. The van der Waals surface area contributed by atoms with Crippen LogP contribution in [-0.2, 0) is 9.59 Å². The number of rotatable bonds is 8. The van der Waals surface area contributed by atoms with Gasteiger partial charge < -0.3 is 20.8 Å². The van der Waals surface area contributed by atoms with Crippen molar-refractivity contribution in [2.75, 3.05) is 6.54 Å². The molecule has 0 spiro atoms. The lowest BCUT2D eigenvalue weighted by Gasteiger charge is -2.13. The van der Waals surface area contributed by atoms with E-state index in [4.69, 9.17) is 5.11 Å². The van der Waals surface area contributed by atoms with Crippen LogP contribution in [0.3, 0.4) is 0 Å². The lowest BCUT2D eigenvalue weighted by atomic mass is 10.1. The third kappa shape index (κ3) is 5.82. The number of hydrogen-bond donors (Lipinski definition) is 4. The van der Waals surface area contributed by atoms with Gasteiger partial charge in [0.2, 0.25) is 5.91 Å². The van der Waals surface area contributed by atoms with Crippen LogP contribution >= 0.6 is 0 Å². The van der Waals surface area contributed by atoms with E-state index in [2.05, 4.69) is 10.6 Å². The Bertz CT molecular complexity index is 544. The zero-order valence-corrected chi connectivity index (χ0v) is 12.3. The van der Waals surface area contributed by atoms with Crippen LogP contribution in [0.4, 0.5) is 0 Å². The molecule has 0 unspecified atom stereocenters. The summed E-state index contributed by atoms with van der Waals surface area (Å²) < 4.78 is 0. The van der Waals surface area contributed by atoms with Crippen LogP contribution in [0.1, 0.15) is 36.5 Å². The number of para-hydroxylation sites is 1. The van der Waals surface area contributed by atoms with Gasteiger partial charge in [-0.25, -0.2) is 4.79 Å². The first-order chi connectivity index (χ1) is 10.4. The van der Waals surface area contributed by atoms with Gasteiger partial charge in [0.05, 0.1) is 5.56 Å². The van der Waals surface area contributed by atoms with E-state index in [1.165, 1.54) is 19.1 Å². The normalized spacial score (nSPS) is 11.5. The van der Waals surface area contributed by atoms with E-state index < -0.39 is 12.0 Å². The molecule has 1 rings (SSSR count). The average Bonchev–Trinajstić information content (AvgIpc) is 2.45. The largest absolute Gasteiger partial charge is 0.507 e. The summed E-state index contributed by atoms with van der Waals surface area (Å²) >= 11 is 0. The molecule has 0 aliphatic carbocycles. The van der Waals surface area contributed by atoms with E-state index >= 15 is 0 Å². The van der Waals surface area contributed by atoms with Crippen molar-refractivity contribution in [2.24, 2.45) is 0 Å². The van der Waals surface area contributed by atoms with Gasteiger partial charge in [-0.1, -0.05) is 12.1 Å². The molecular formula is C15H20N2O5.